The zero-order valence-corrected chi connectivity index (χ0v) is 17.6. The number of piperazine rings is 1. The van der Waals surface area contributed by atoms with E-state index in [2.05, 4.69) is 5.32 Å². The van der Waals surface area contributed by atoms with E-state index in [0.717, 1.165) is 11.1 Å². The smallest absolute Gasteiger partial charge is 0.312 e. The van der Waals surface area contributed by atoms with Crippen molar-refractivity contribution < 1.29 is 18.8 Å². The molecule has 0 aliphatic carbocycles. The van der Waals surface area contributed by atoms with Crippen LogP contribution < -0.4 is 5.32 Å². The summed E-state index contributed by atoms with van der Waals surface area (Å²) in [6.45, 7) is 4.38. The van der Waals surface area contributed by atoms with Crippen LogP contribution in [-0.4, -0.2) is 46.7 Å². The first-order valence-corrected chi connectivity index (χ1v) is 10.1. The number of halogens is 2. The third-order valence-electron chi connectivity index (χ3n) is 5.15. The van der Waals surface area contributed by atoms with Crippen molar-refractivity contribution in [2.45, 2.75) is 32.9 Å². The van der Waals surface area contributed by atoms with E-state index in [9.17, 15) is 18.8 Å². The van der Waals surface area contributed by atoms with Gasteiger partial charge in [0.2, 0.25) is 5.91 Å². The van der Waals surface area contributed by atoms with Gasteiger partial charge >= 0.3 is 11.8 Å². The van der Waals surface area contributed by atoms with Gasteiger partial charge in [0.15, 0.2) is 0 Å². The number of hydrogen-bond acceptors (Lipinski definition) is 3. The molecule has 6 nitrogen and oxygen atoms in total. The summed E-state index contributed by atoms with van der Waals surface area (Å²) in [5, 5.41) is 3.30. The lowest BCUT2D eigenvalue weighted by Crippen LogP contribution is -2.59. The summed E-state index contributed by atoms with van der Waals surface area (Å²) < 4.78 is 13.1. The monoisotopic (exact) mass is 431 g/mol. The van der Waals surface area contributed by atoms with E-state index in [1.807, 2.05) is 6.92 Å². The SMILES string of the molecule is CCC(C(=O)Nc1cc(Cl)ccc1C)N1CCN(Cc2ccc(F)cc2)C(=O)C1=O. The number of amides is 3. The van der Waals surface area contributed by atoms with Gasteiger partial charge < -0.3 is 15.1 Å². The highest BCUT2D eigenvalue weighted by Crippen LogP contribution is 2.22. The van der Waals surface area contributed by atoms with Gasteiger partial charge in [0, 0.05) is 30.3 Å². The van der Waals surface area contributed by atoms with Crippen LogP contribution in [0.3, 0.4) is 0 Å². The molecular formula is C22H23ClFN3O3. The molecule has 1 unspecified atom stereocenters. The van der Waals surface area contributed by atoms with Gasteiger partial charge in [-0.15, -0.1) is 0 Å². The van der Waals surface area contributed by atoms with E-state index < -0.39 is 17.9 Å². The van der Waals surface area contributed by atoms with Gasteiger partial charge in [-0.1, -0.05) is 36.7 Å². The molecule has 0 bridgehead atoms. The minimum absolute atomic E-state index is 0.212. The highest BCUT2D eigenvalue weighted by molar-refractivity contribution is 6.36. The first-order chi connectivity index (χ1) is 14.3. The van der Waals surface area contributed by atoms with Gasteiger partial charge in [0.25, 0.3) is 0 Å². The lowest BCUT2D eigenvalue weighted by atomic mass is 10.1. The summed E-state index contributed by atoms with van der Waals surface area (Å²) in [5.41, 5.74) is 2.14. The normalized spacial score (nSPS) is 15.3. The Hall–Kier alpha value is -2.93. The van der Waals surface area contributed by atoms with E-state index in [1.54, 1.807) is 37.3 Å². The van der Waals surface area contributed by atoms with E-state index in [4.69, 9.17) is 11.6 Å². The number of benzene rings is 2. The predicted molar refractivity (Wildman–Crippen MR) is 112 cm³/mol. The number of aryl methyl sites for hydroxylation is 1. The maximum atomic E-state index is 13.1. The number of carbonyl (C=O) groups excluding carboxylic acids is 3. The summed E-state index contributed by atoms with van der Waals surface area (Å²) >= 11 is 6.01. The van der Waals surface area contributed by atoms with Crippen molar-refractivity contribution in [3.8, 4) is 0 Å². The van der Waals surface area contributed by atoms with Crippen LogP contribution >= 0.6 is 11.6 Å². The van der Waals surface area contributed by atoms with Crippen molar-refractivity contribution in [3.05, 3.63) is 64.4 Å². The van der Waals surface area contributed by atoms with Crippen molar-refractivity contribution >= 4 is 35.0 Å². The summed E-state index contributed by atoms with van der Waals surface area (Å²) in [7, 11) is 0. The molecule has 0 aromatic heterocycles. The molecule has 30 heavy (non-hydrogen) atoms. The van der Waals surface area contributed by atoms with E-state index in [-0.39, 0.29) is 24.8 Å². The Morgan fingerprint density at radius 1 is 1.13 bits per heavy atom. The number of rotatable bonds is 6. The van der Waals surface area contributed by atoms with E-state index >= 15 is 0 Å². The molecular weight excluding hydrogens is 409 g/mol. The van der Waals surface area contributed by atoms with Gasteiger partial charge in [-0.3, -0.25) is 14.4 Å². The zero-order chi connectivity index (χ0) is 21.8. The second-order valence-corrected chi connectivity index (χ2v) is 7.66. The third-order valence-corrected chi connectivity index (χ3v) is 5.39. The minimum atomic E-state index is -0.771. The molecule has 2 aromatic rings. The molecule has 2 aromatic carbocycles. The fourth-order valence-corrected chi connectivity index (χ4v) is 3.61. The molecule has 0 radical (unpaired) electrons. The van der Waals surface area contributed by atoms with Crippen LogP contribution in [0.15, 0.2) is 42.5 Å². The molecule has 1 atom stereocenters. The summed E-state index contributed by atoms with van der Waals surface area (Å²) in [6.07, 6.45) is 0.364. The van der Waals surface area contributed by atoms with Crippen molar-refractivity contribution in [3.63, 3.8) is 0 Å². The maximum absolute atomic E-state index is 13.1. The summed E-state index contributed by atoms with van der Waals surface area (Å²) in [5.74, 6) is -2.11. The van der Waals surface area contributed by atoms with Gasteiger partial charge in [-0.05, 0) is 48.7 Å². The van der Waals surface area contributed by atoms with Crippen LogP contribution in [0, 0.1) is 12.7 Å². The third kappa shape index (κ3) is 4.79. The fraction of sp³-hybridized carbons (Fsp3) is 0.318. The molecule has 1 saturated heterocycles. The Labute approximate surface area is 179 Å². The Morgan fingerprint density at radius 2 is 1.83 bits per heavy atom. The Balaban J connectivity index is 1.69. The molecule has 1 aliphatic heterocycles. The molecule has 1 heterocycles. The summed E-state index contributed by atoms with van der Waals surface area (Å²) in [6, 6.07) is 10.2. The first-order valence-electron chi connectivity index (χ1n) is 9.71. The average molecular weight is 432 g/mol. The fourth-order valence-electron chi connectivity index (χ4n) is 3.44. The average Bonchev–Trinajstić information content (AvgIpc) is 2.72. The quantitative estimate of drug-likeness (QED) is 0.713. The topological polar surface area (TPSA) is 69.7 Å². The second kappa shape index (κ2) is 9.26. The van der Waals surface area contributed by atoms with Crippen LogP contribution in [0.25, 0.3) is 0 Å². The van der Waals surface area contributed by atoms with Crippen LogP contribution in [0.5, 0.6) is 0 Å². The first kappa shape index (κ1) is 21.8. The van der Waals surface area contributed by atoms with E-state index in [0.29, 0.717) is 23.7 Å². The van der Waals surface area contributed by atoms with Crippen molar-refractivity contribution in [1.82, 2.24) is 9.80 Å². The molecule has 0 spiro atoms. The number of nitrogens with one attached hydrogen (secondary N) is 1. The number of anilines is 1. The molecule has 1 fully saturated rings. The van der Waals surface area contributed by atoms with Crippen LogP contribution in [0.2, 0.25) is 5.02 Å². The van der Waals surface area contributed by atoms with Gasteiger partial charge in [0.05, 0.1) is 0 Å². The maximum Gasteiger partial charge on any atom is 0.312 e. The van der Waals surface area contributed by atoms with Gasteiger partial charge in [-0.2, -0.15) is 0 Å². The molecule has 158 valence electrons. The van der Waals surface area contributed by atoms with Crippen LogP contribution in [0.1, 0.15) is 24.5 Å². The molecule has 1 N–H and O–H groups in total. The van der Waals surface area contributed by atoms with Crippen molar-refractivity contribution in [1.29, 1.82) is 0 Å². The van der Waals surface area contributed by atoms with Crippen molar-refractivity contribution in [2.75, 3.05) is 18.4 Å². The van der Waals surface area contributed by atoms with Crippen molar-refractivity contribution in [2.24, 2.45) is 0 Å². The zero-order valence-electron chi connectivity index (χ0n) is 16.8. The van der Waals surface area contributed by atoms with Crippen LogP contribution in [0.4, 0.5) is 10.1 Å². The molecule has 0 saturated carbocycles. The Kier molecular flexibility index (Phi) is 6.72. The van der Waals surface area contributed by atoms with Gasteiger partial charge in [-0.25, -0.2) is 4.39 Å². The second-order valence-electron chi connectivity index (χ2n) is 7.22. The highest BCUT2D eigenvalue weighted by atomic mass is 35.5. The number of hydrogen-bond donors (Lipinski definition) is 1. The molecule has 3 amide bonds. The minimum Gasteiger partial charge on any atom is -0.328 e. The Morgan fingerprint density at radius 3 is 2.50 bits per heavy atom. The molecule has 1 aliphatic rings. The molecule has 3 rings (SSSR count). The summed E-state index contributed by atoms with van der Waals surface area (Å²) in [4.78, 5) is 40.9. The van der Waals surface area contributed by atoms with Crippen LogP contribution in [-0.2, 0) is 20.9 Å². The highest BCUT2D eigenvalue weighted by Gasteiger charge is 2.38. The lowest BCUT2D eigenvalue weighted by molar-refractivity contribution is -0.159. The molecule has 8 heteroatoms. The van der Waals surface area contributed by atoms with E-state index in [1.165, 1.54) is 21.9 Å². The standard InChI is InChI=1S/C22H23ClFN3O3/c1-3-19(20(28)25-18-12-16(23)7-4-14(18)2)27-11-10-26(21(29)22(27)30)13-15-5-8-17(24)9-6-15/h4-9,12,19H,3,10-11,13H2,1-2H3,(H,25,28). The lowest BCUT2D eigenvalue weighted by Gasteiger charge is -2.37. The Bertz CT molecular complexity index is 965. The number of nitrogens with zero attached hydrogens (tertiary/aromatic N) is 2. The van der Waals surface area contributed by atoms with Gasteiger partial charge in [0.1, 0.15) is 11.9 Å². The number of carbonyl (C=O) groups is 3. The largest absolute Gasteiger partial charge is 0.328 e. The predicted octanol–water partition coefficient (Wildman–Crippen LogP) is 3.38.